The Morgan fingerprint density at radius 1 is 1.04 bits per heavy atom. The van der Waals surface area contributed by atoms with Gasteiger partial charge in [0.05, 0.1) is 11.4 Å². The largest absolute Gasteiger partial charge is 0.351 e. The molecule has 3 aromatic rings. The molecular formula is C21H20ClN3OS. The number of aromatic nitrogens is 2. The second-order valence-corrected chi connectivity index (χ2v) is 7.62. The number of nitrogens with one attached hydrogen (secondary N) is 1. The molecule has 0 fully saturated rings. The molecule has 6 heteroatoms. The van der Waals surface area contributed by atoms with Crippen LogP contribution in [0.15, 0.2) is 59.6 Å². The summed E-state index contributed by atoms with van der Waals surface area (Å²) in [7, 11) is 0. The highest BCUT2D eigenvalue weighted by Crippen LogP contribution is 2.22. The van der Waals surface area contributed by atoms with E-state index in [1.807, 2.05) is 42.5 Å². The number of aryl methyl sites for hydroxylation is 2. The van der Waals surface area contributed by atoms with Crippen LogP contribution >= 0.6 is 23.4 Å². The van der Waals surface area contributed by atoms with E-state index in [2.05, 4.69) is 41.5 Å². The van der Waals surface area contributed by atoms with Gasteiger partial charge in [-0.2, -0.15) is 0 Å². The zero-order chi connectivity index (χ0) is 19.2. The van der Waals surface area contributed by atoms with E-state index >= 15 is 0 Å². The predicted octanol–water partition coefficient (Wildman–Crippen LogP) is 4.82. The zero-order valence-electron chi connectivity index (χ0n) is 15.2. The Hall–Kier alpha value is -2.37. The molecule has 0 unspecified atom stereocenters. The molecule has 0 saturated carbocycles. The number of hydrogen-bond donors (Lipinski definition) is 1. The molecule has 27 heavy (non-hydrogen) atoms. The van der Waals surface area contributed by atoms with Crippen molar-refractivity contribution in [3.8, 4) is 11.3 Å². The van der Waals surface area contributed by atoms with Gasteiger partial charge in [-0.3, -0.25) is 4.79 Å². The Balaban J connectivity index is 1.53. The molecule has 0 spiro atoms. The fraction of sp³-hybridized carbons (Fsp3) is 0.190. The number of carbonyl (C=O) groups excluding carboxylic acids is 1. The summed E-state index contributed by atoms with van der Waals surface area (Å²) in [5.41, 5.74) is 5.24. The molecule has 2 aromatic carbocycles. The minimum absolute atomic E-state index is 0.0695. The SMILES string of the molecule is Cc1ccc(-c2ccc(SCC(=O)NCc3ccccc3Cl)nn2)cc1C. The Labute approximate surface area is 168 Å². The smallest absolute Gasteiger partial charge is 0.230 e. The number of nitrogens with zero attached hydrogens (tertiary/aromatic N) is 2. The zero-order valence-corrected chi connectivity index (χ0v) is 16.8. The molecule has 0 aliphatic rings. The van der Waals surface area contributed by atoms with Crippen molar-refractivity contribution in [1.29, 1.82) is 0 Å². The molecule has 0 saturated heterocycles. The maximum atomic E-state index is 12.0. The van der Waals surface area contributed by atoms with Crippen molar-refractivity contribution in [3.63, 3.8) is 0 Å². The number of carbonyl (C=O) groups is 1. The third-order valence-corrected chi connectivity index (χ3v) is 5.52. The van der Waals surface area contributed by atoms with Crippen LogP contribution in [-0.2, 0) is 11.3 Å². The van der Waals surface area contributed by atoms with Crippen LogP contribution in [0.25, 0.3) is 11.3 Å². The maximum Gasteiger partial charge on any atom is 0.230 e. The van der Waals surface area contributed by atoms with Crippen molar-refractivity contribution < 1.29 is 4.79 Å². The highest BCUT2D eigenvalue weighted by molar-refractivity contribution is 7.99. The lowest BCUT2D eigenvalue weighted by molar-refractivity contribution is -0.118. The van der Waals surface area contributed by atoms with Crippen LogP contribution in [0.1, 0.15) is 16.7 Å². The van der Waals surface area contributed by atoms with E-state index in [0.29, 0.717) is 11.6 Å². The van der Waals surface area contributed by atoms with Crippen molar-refractivity contribution in [3.05, 3.63) is 76.3 Å². The first-order valence-corrected chi connectivity index (χ1v) is 9.93. The minimum atomic E-state index is -0.0695. The van der Waals surface area contributed by atoms with Crippen molar-refractivity contribution in [2.24, 2.45) is 0 Å². The second-order valence-electron chi connectivity index (χ2n) is 6.21. The number of halogens is 1. The van der Waals surface area contributed by atoms with Gasteiger partial charge in [0.25, 0.3) is 0 Å². The highest BCUT2D eigenvalue weighted by Gasteiger charge is 2.07. The van der Waals surface area contributed by atoms with Gasteiger partial charge >= 0.3 is 0 Å². The standard InChI is InChI=1S/C21H20ClN3OS/c1-14-7-8-16(11-15(14)2)19-9-10-21(25-24-19)27-13-20(26)23-12-17-5-3-4-6-18(17)22/h3-11H,12-13H2,1-2H3,(H,23,26). The highest BCUT2D eigenvalue weighted by atomic mass is 35.5. The summed E-state index contributed by atoms with van der Waals surface area (Å²) in [5.74, 6) is 0.210. The van der Waals surface area contributed by atoms with Crippen LogP contribution in [0.3, 0.4) is 0 Å². The Morgan fingerprint density at radius 3 is 2.56 bits per heavy atom. The van der Waals surface area contributed by atoms with Gasteiger partial charge in [-0.15, -0.1) is 10.2 Å². The van der Waals surface area contributed by atoms with Crippen molar-refractivity contribution >= 4 is 29.3 Å². The molecule has 0 atom stereocenters. The normalized spacial score (nSPS) is 10.6. The molecule has 3 rings (SSSR count). The molecule has 4 nitrogen and oxygen atoms in total. The molecule has 138 valence electrons. The quantitative estimate of drug-likeness (QED) is 0.605. The second kappa shape index (κ2) is 9.02. The number of rotatable bonds is 6. The number of thioether (sulfide) groups is 1. The molecule has 1 amide bonds. The van der Waals surface area contributed by atoms with Crippen LogP contribution in [-0.4, -0.2) is 21.9 Å². The lowest BCUT2D eigenvalue weighted by Crippen LogP contribution is -2.24. The molecule has 0 aliphatic heterocycles. The summed E-state index contributed by atoms with van der Waals surface area (Å²) in [6.45, 7) is 4.58. The van der Waals surface area contributed by atoms with E-state index in [0.717, 1.165) is 21.8 Å². The molecule has 0 aliphatic carbocycles. The summed E-state index contributed by atoms with van der Waals surface area (Å²) in [4.78, 5) is 12.0. The Morgan fingerprint density at radius 2 is 1.85 bits per heavy atom. The summed E-state index contributed by atoms with van der Waals surface area (Å²) < 4.78 is 0. The minimum Gasteiger partial charge on any atom is -0.351 e. The first kappa shape index (κ1) is 19.4. The molecule has 1 N–H and O–H groups in total. The summed E-state index contributed by atoms with van der Waals surface area (Å²) in [5, 5.41) is 12.7. The van der Waals surface area contributed by atoms with Crippen molar-refractivity contribution in [1.82, 2.24) is 15.5 Å². The van der Waals surface area contributed by atoms with E-state index in [4.69, 9.17) is 11.6 Å². The fourth-order valence-electron chi connectivity index (χ4n) is 2.48. The lowest BCUT2D eigenvalue weighted by atomic mass is 10.0. The molecule has 0 radical (unpaired) electrons. The van der Waals surface area contributed by atoms with Crippen LogP contribution < -0.4 is 5.32 Å². The third kappa shape index (κ3) is 5.31. The maximum absolute atomic E-state index is 12.0. The van der Waals surface area contributed by atoms with Gasteiger partial charge in [0.15, 0.2) is 0 Å². The summed E-state index contributed by atoms with van der Waals surface area (Å²) in [6, 6.07) is 17.5. The van der Waals surface area contributed by atoms with E-state index in [-0.39, 0.29) is 11.7 Å². The van der Waals surface area contributed by atoms with E-state index in [1.165, 1.54) is 22.9 Å². The first-order valence-electron chi connectivity index (χ1n) is 8.57. The molecule has 1 aromatic heterocycles. The van der Waals surface area contributed by atoms with E-state index in [9.17, 15) is 4.79 Å². The average Bonchev–Trinajstić information content (AvgIpc) is 2.68. The molecule has 0 bridgehead atoms. The monoisotopic (exact) mass is 397 g/mol. The van der Waals surface area contributed by atoms with Crippen molar-refractivity contribution in [2.45, 2.75) is 25.4 Å². The summed E-state index contributed by atoms with van der Waals surface area (Å²) in [6.07, 6.45) is 0. The Kier molecular flexibility index (Phi) is 6.48. The molecule has 1 heterocycles. The van der Waals surface area contributed by atoms with Gasteiger partial charge in [0.2, 0.25) is 5.91 Å². The number of hydrogen-bond acceptors (Lipinski definition) is 4. The van der Waals surface area contributed by atoms with Crippen LogP contribution in [0, 0.1) is 13.8 Å². The van der Waals surface area contributed by atoms with Gasteiger partial charge in [0, 0.05) is 17.1 Å². The van der Waals surface area contributed by atoms with Crippen LogP contribution in [0.2, 0.25) is 5.02 Å². The van der Waals surface area contributed by atoms with E-state index in [1.54, 1.807) is 0 Å². The predicted molar refractivity (Wildman–Crippen MR) is 111 cm³/mol. The van der Waals surface area contributed by atoms with Crippen LogP contribution in [0.5, 0.6) is 0 Å². The van der Waals surface area contributed by atoms with Gasteiger partial charge in [-0.25, -0.2) is 0 Å². The van der Waals surface area contributed by atoms with Gasteiger partial charge in [0.1, 0.15) is 5.03 Å². The third-order valence-electron chi connectivity index (χ3n) is 4.23. The van der Waals surface area contributed by atoms with Crippen molar-refractivity contribution in [2.75, 3.05) is 5.75 Å². The van der Waals surface area contributed by atoms with Crippen LogP contribution in [0.4, 0.5) is 0 Å². The number of benzene rings is 2. The summed E-state index contributed by atoms with van der Waals surface area (Å²) >= 11 is 7.45. The van der Waals surface area contributed by atoms with Gasteiger partial charge in [-0.1, -0.05) is 53.7 Å². The fourth-order valence-corrected chi connectivity index (χ4v) is 3.32. The van der Waals surface area contributed by atoms with Gasteiger partial charge < -0.3 is 5.32 Å². The molecular weight excluding hydrogens is 378 g/mol. The Bertz CT molecular complexity index is 944. The number of amides is 1. The van der Waals surface area contributed by atoms with E-state index < -0.39 is 0 Å². The lowest BCUT2D eigenvalue weighted by Gasteiger charge is -2.07. The topological polar surface area (TPSA) is 54.9 Å². The first-order chi connectivity index (χ1) is 13.0. The van der Waals surface area contributed by atoms with Gasteiger partial charge in [-0.05, 0) is 54.8 Å². The average molecular weight is 398 g/mol.